The van der Waals surface area contributed by atoms with Crippen molar-refractivity contribution in [2.75, 3.05) is 12.4 Å². The molecule has 1 N–H and O–H groups in total. The first-order valence-electron chi connectivity index (χ1n) is 5.56. The number of benzene rings is 1. The molecule has 3 rings (SSSR count). The van der Waals surface area contributed by atoms with Crippen LogP contribution in [-0.4, -0.2) is 18.1 Å². The van der Waals surface area contributed by atoms with Gasteiger partial charge < -0.3 is 10.1 Å². The number of aromatic nitrogens is 1. The quantitative estimate of drug-likeness (QED) is 0.853. The van der Waals surface area contributed by atoms with Gasteiger partial charge in [0.25, 0.3) is 0 Å². The minimum absolute atomic E-state index is 0.682. The number of anilines is 1. The predicted molar refractivity (Wildman–Crippen MR) is 64.9 cm³/mol. The molecule has 0 amide bonds. The number of fused-ring (bicyclic) bond motifs is 1. The van der Waals surface area contributed by atoms with Crippen molar-refractivity contribution in [2.24, 2.45) is 0 Å². The average Bonchev–Trinajstić information content (AvgIpc) is 3.12. The smallest absolute Gasteiger partial charge is 0.221 e. The molecule has 0 bridgehead atoms. The molecule has 1 aromatic carbocycles. The van der Waals surface area contributed by atoms with Crippen molar-refractivity contribution in [3.05, 3.63) is 30.5 Å². The fourth-order valence-electron chi connectivity index (χ4n) is 1.87. The van der Waals surface area contributed by atoms with Crippen LogP contribution in [0.2, 0.25) is 0 Å². The van der Waals surface area contributed by atoms with Gasteiger partial charge in [0, 0.05) is 23.3 Å². The van der Waals surface area contributed by atoms with Gasteiger partial charge in [0.2, 0.25) is 5.88 Å². The molecule has 0 aliphatic heterocycles. The fourth-order valence-corrected chi connectivity index (χ4v) is 1.87. The van der Waals surface area contributed by atoms with Crippen molar-refractivity contribution in [2.45, 2.75) is 18.9 Å². The van der Waals surface area contributed by atoms with Crippen LogP contribution >= 0.6 is 0 Å². The highest BCUT2D eigenvalue weighted by atomic mass is 16.5. The lowest BCUT2D eigenvalue weighted by Gasteiger charge is -2.07. The van der Waals surface area contributed by atoms with Crippen LogP contribution in [0, 0.1) is 0 Å². The van der Waals surface area contributed by atoms with E-state index in [4.69, 9.17) is 4.74 Å². The summed E-state index contributed by atoms with van der Waals surface area (Å²) < 4.78 is 5.23. The van der Waals surface area contributed by atoms with Crippen LogP contribution in [0.4, 0.5) is 5.69 Å². The summed E-state index contributed by atoms with van der Waals surface area (Å²) in [4.78, 5) is 4.19. The van der Waals surface area contributed by atoms with Gasteiger partial charge in [-0.05, 0) is 42.5 Å². The second kappa shape index (κ2) is 3.67. The molecule has 16 heavy (non-hydrogen) atoms. The maximum Gasteiger partial charge on any atom is 0.221 e. The number of ether oxygens (including phenoxy) is 1. The lowest BCUT2D eigenvalue weighted by Crippen LogP contribution is -2.00. The van der Waals surface area contributed by atoms with Crippen LogP contribution < -0.4 is 10.1 Å². The highest BCUT2D eigenvalue weighted by molar-refractivity contribution is 5.89. The van der Waals surface area contributed by atoms with Crippen LogP contribution in [0.25, 0.3) is 10.8 Å². The molecule has 0 radical (unpaired) electrons. The van der Waals surface area contributed by atoms with Gasteiger partial charge in [-0.15, -0.1) is 0 Å². The molecule has 1 aromatic heterocycles. The summed E-state index contributed by atoms with van der Waals surface area (Å²) in [5, 5.41) is 5.71. The molecule has 1 aliphatic carbocycles. The average molecular weight is 214 g/mol. The number of nitrogens with zero attached hydrogens (tertiary/aromatic N) is 1. The van der Waals surface area contributed by atoms with E-state index in [1.165, 1.54) is 18.5 Å². The van der Waals surface area contributed by atoms with Crippen LogP contribution in [0.15, 0.2) is 30.5 Å². The zero-order valence-electron chi connectivity index (χ0n) is 9.23. The summed E-state index contributed by atoms with van der Waals surface area (Å²) in [6, 6.07) is 8.99. The van der Waals surface area contributed by atoms with Gasteiger partial charge in [0.1, 0.15) is 0 Å². The Morgan fingerprint density at radius 3 is 2.94 bits per heavy atom. The maximum absolute atomic E-state index is 5.23. The van der Waals surface area contributed by atoms with Gasteiger partial charge in [-0.1, -0.05) is 0 Å². The summed E-state index contributed by atoms with van der Waals surface area (Å²) in [7, 11) is 1.65. The summed E-state index contributed by atoms with van der Waals surface area (Å²) >= 11 is 0. The highest BCUT2D eigenvalue weighted by Gasteiger charge is 2.20. The van der Waals surface area contributed by atoms with E-state index in [0.29, 0.717) is 11.9 Å². The molecule has 1 heterocycles. The van der Waals surface area contributed by atoms with Gasteiger partial charge in [-0.3, -0.25) is 0 Å². The number of rotatable bonds is 3. The number of hydrogen-bond acceptors (Lipinski definition) is 3. The normalized spacial score (nSPS) is 15.1. The molecule has 2 aromatic rings. The Hall–Kier alpha value is -1.77. The third kappa shape index (κ3) is 1.69. The van der Waals surface area contributed by atoms with Crippen molar-refractivity contribution >= 4 is 16.5 Å². The van der Waals surface area contributed by atoms with Crippen LogP contribution in [-0.2, 0) is 0 Å². The highest BCUT2D eigenvalue weighted by Crippen LogP contribution is 2.29. The summed E-state index contributed by atoms with van der Waals surface area (Å²) in [5.74, 6) is 0.690. The number of methoxy groups -OCH3 is 1. The molecular weight excluding hydrogens is 200 g/mol. The third-order valence-corrected chi connectivity index (χ3v) is 2.87. The van der Waals surface area contributed by atoms with E-state index in [-0.39, 0.29) is 0 Å². The Bertz CT molecular complexity index is 520. The van der Waals surface area contributed by atoms with Crippen molar-refractivity contribution in [1.82, 2.24) is 4.98 Å². The van der Waals surface area contributed by atoms with E-state index in [0.717, 1.165) is 10.8 Å². The molecular formula is C13H14N2O. The van der Waals surface area contributed by atoms with E-state index in [1.54, 1.807) is 13.3 Å². The van der Waals surface area contributed by atoms with E-state index >= 15 is 0 Å². The molecule has 0 unspecified atom stereocenters. The Balaban J connectivity index is 2.03. The second-order valence-electron chi connectivity index (χ2n) is 4.17. The number of nitrogens with one attached hydrogen (secondary N) is 1. The Kier molecular flexibility index (Phi) is 2.17. The van der Waals surface area contributed by atoms with E-state index in [9.17, 15) is 0 Å². The minimum atomic E-state index is 0.682. The second-order valence-corrected chi connectivity index (χ2v) is 4.17. The molecule has 1 aliphatic rings. The van der Waals surface area contributed by atoms with Gasteiger partial charge in [-0.25, -0.2) is 4.98 Å². The lowest BCUT2D eigenvalue weighted by molar-refractivity contribution is 0.403. The number of pyridine rings is 1. The zero-order chi connectivity index (χ0) is 11.0. The molecule has 1 saturated carbocycles. The third-order valence-electron chi connectivity index (χ3n) is 2.87. The Morgan fingerprint density at radius 2 is 2.19 bits per heavy atom. The molecule has 0 atom stereocenters. The first-order valence-corrected chi connectivity index (χ1v) is 5.56. The Labute approximate surface area is 94.5 Å². The first-order chi connectivity index (χ1) is 7.86. The zero-order valence-corrected chi connectivity index (χ0v) is 9.23. The molecule has 0 spiro atoms. The number of hydrogen-bond donors (Lipinski definition) is 1. The summed E-state index contributed by atoms with van der Waals surface area (Å²) in [6.07, 6.45) is 4.36. The van der Waals surface area contributed by atoms with Crippen molar-refractivity contribution < 1.29 is 4.74 Å². The van der Waals surface area contributed by atoms with E-state index in [2.05, 4.69) is 28.5 Å². The van der Waals surface area contributed by atoms with E-state index < -0.39 is 0 Å². The summed E-state index contributed by atoms with van der Waals surface area (Å²) in [6.45, 7) is 0. The monoisotopic (exact) mass is 214 g/mol. The van der Waals surface area contributed by atoms with Crippen LogP contribution in [0.5, 0.6) is 5.88 Å². The largest absolute Gasteiger partial charge is 0.481 e. The van der Waals surface area contributed by atoms with Gasteiger partial charge in [0.05, 0.1) is 7.11 Å². The van der Waals surface area contributed by atoms with Crippen molar-refractivity contribution in [3.8, 4) is 5.88 Å². The molecule has 0 saturated heterocycles. The Morgan fingerprint density at radius 1 is 1.31 bits per heavy atom. The van der Waals surface area contributed by atoms with Gasteiger partial charge in [-0.2, -0.15) is 0 Å². The molecule has 3 heteroatoms. The minimum Gasteiger partial charge on any atom is -0.481 e. The van der Waals surface area contributed by atoms with Gasteiger partial charge in [0.15, 0.2) is 0 Å². The van der Waals surface area contributed by atoms with Gasteiger partial charge >= 0.3 is 0 Å². The van der Waals surface area contributed by atoms with Crippen molar-refractivity contribution in [1.29, 1.82) is 0 Å². The first kappa shape index (κ1) is 9.46. The molecule has 3 nitrogen and oxygen atoms in total. The fraction of sp³-hybridized carbons (Fsp3) is 0.308. The predicted octanol–water partition coefficient (Wildman–Crippen LogP) is 2.82. The van der Waals surface area contributed by atoms with Crippen LogP contribution in [0.3, 0.4) is 0 Å². The lowest BCUT2D eigenvalue weighted by atomic mass is 10.1. The van der Waals surface area contributed by atoms with Crippen molar-refractivity contribution in [3.63, 3.8) is 0 Å². The maximum atomic E-state index is 5.23. The molecule has 82 valence electrons. The molecule has 1 fully saturated rings. The standard InChI is InChI=1S/C13H14N2O/c1-16-13-12-5-4-11(15-10-2-3-10)8-9(12)6-7-14-13/h4-8,10,15H,2-3H2,1H3. The van der Waals surface area contributed by atoms with E-state index in [1.807, 2.05) is 6.07 Å². The SMILES string of the molecule is COc1nccc2cc(NC3CC3)ccc12. The summed E-state index contributed by atoms with van der Waals surface area (Å²) in [5.41, 5.74) is 1.18. The topological polar surface area (TPSA) is 34.1 Å². The van der Waals surface area contributed by atoms with Crippen LogP contribution in [0.1, 0.15) is 12.8 Å².